The molecule has 0 amide bonds. The van der Waals surface area contributed by atoms with E-state index in [0.29, 0.717) is 0 Å². The second-order valence-corrected chi connectivity index (χ2v) is 4.50. The molecule has 1 rings (SSSR count). The molecule has 13 heavy (non-hydrogen) atoms. The number of Topliss-reactive ketones (excluding diaryl/α,β-unsaturated/α-hetero) is 1. The van der Waals surface area contributed by atoms with Crippen LogP contribution in [0.3, 0.4) is 0 Å². The van der Waals surface area contributed by atoms with E-state index >= 15 is 0 Å². The van der Waals surface area contributed by atoms with E-state index in [0.717, 1.165) is 5.76 Å². The molecule has 0 saturated heterocycles. The first-order valence-electron chi connectivity index (χ1n) is 4.61. The van der Waals surface area contributed by atoms with Gasteiger partial charge in [0, 0.05) is 5.41 Å². The van der Waals surface area contributed by atoms with E-state index < -0.39 is 5.60 Å². The van der Waals surface area contributed by atoms with Crippen molar-refractivity contribution in [3.05, 3.63) is 11.3 Å². The lowest BCUT2D eigenvalue weighted by molar-refractivity contribution is -0.141. The standard InChI is InChI=1S/C11H18O2/c1-7-8(2)13-11(6,9(3)12)10(7,4)5/h1-6H3. The highest BCUT2D eigenvalue weighted by molar-refractivity contribution is 5.87. The third-order valence-electron chi connectivity index (χ3n) is 3.69. The van der Waals surface area contributed by atoms with Crippen LogP contribution in [-0.4, -0.2) is 11.4 Å². The summed E-state index contributed by atoms with van der Waals surface area (Å²) in [6.07, 6.45) is 0. The maximum absolute atomic E-state index is 11.5. The van der Waals surface area contributed by atoms with Crippen LogP contribution in [0.1, 0.15) is 41.5 Å². The summed E-state index contributed by atoms with van der Waals surface area (Å²) < 4.78 is 5.67. The Morgan fingerprint density at radius 2 is 1.69 bits per heavy atom. The SMILES string of the molecule is CC(=O)C1(C)OC(C)=C(C)C1(C)C. The summed E-state index contributed by atoms with van der Waals surface area (Å²) in [7, 11) is 0. The largest absolute Gasteiger partial charge is 0.484 e. The van der Waals surface area contributed by atoms with Crippen LogP contribution in [0, 0.1) is 5.41 Å². The van der Waals surface area contributed by atoms with Gasteiger partial charge >= 0.3 is 0 Å². The molecule has 1 atom stereocenters. The Kier molecular flexibility index (Phi) is 2.06. The van der Waals surface area contributed by atoms with Gasteiger partial charge in [-0.25, -0.2) is 0 Å². The monoisotopic (exact) mass is 182 g/mol. The number of ether oxygens (including phenoxy) is 1. The normalized spacial score (nSPS) is 31.8. The first kappa shape index (κ1) is 10.3. The third kappa shape index (κ3) is 1.11. The molecule has 0 radical (unpaired) electrons. The summed E-state index contributed by atoms with van der Waals surface area (Å²) in [5.41, 5.74) is 0.301. The van der Waals surface area contributed by atoms with Gasteiger partial charge in [-0.1, -0.05) is 13.8 Å². The van der Waals surface area contributed by atoms with Crippen LogP contribution in [0.5, 0.6) is 0 Å². The summed E-state index contributed by atoms with van der Waals surface area (Å²) in [5.74, 6) is 0.983. The minimum Gasteiger partial charge on any atom is -0.484 e. The molecule has 2 nitrogen and oxygen atoms in total. The van der Waals surface area contributed by atoms with Crippen molar-refractivity contribution in [2.75, 3.05) is 0 Å². The number of hydrogen-bond acceptors (Lipinski definition) is 2. The number of hydrogen-bond donors (Lipinski definition) is 0. The summed E-state index contributed by atoms with van der Waals surface area (Å²) in [6, 6.07) is 0. The number of allylic oxidation sites excluding steroid dienone is 1. The van der Waals surface area contributed by atoms with Crippen LogP contribution in [0.25, 0.3) is 0 Å². The molecule has 0 aliphatic carbocycles. The van der Waals surface area contributed by atoms with Gasteiger partial charge in [0.15, 0.2) is 11.4 Å². The maximum Gasteiger partial charge on any atom is 0.173 e. The number of carbonyl (C=O) groups is 1. The van der Waals surface area contributed by atoms with Crippen LogP contribution >= 0.6 is 0 Å². The quantitative estimate of drug-likeness (QED) is 0.623. The van der Waals surface area contributed by atoms with Gasteiger partial charge in [0.25, 0.3) is 0 Å². The zero-order valence-corrected chi connectivity index (χ0v) is 9.32. The highest BCUT2D eigenvalue weighted by atomic mass is 16.5. The van der Waals surface area contributed by atoms with Gasteiger partial charge in [0.1, 0.15) is 0 Å². The van der Waals surface area contributed by atoms with Crippen molar-refractivity contribution in [2.24, 2.45) is 5.41 Å². The minimum atomic E-state index is -0.679. The second kappa shape index (κ2) is 2.60. The van der Waals surface area contributed by atoms with E-state index in [1.165, 1.54) is 5.57 Å². The molecule has 0 bridgehead atoms. The molecule has 1 unspecified atom stereocenters. The molecule has 0 N–H and O–H groups in total. The Morgan fingerprint density at radius 3 is 1.85 bits per heavy atom. The first-order chi connectivity index (χ1) is 5.73. The fraction of sp³-hybridized carbons (Fsp3) is 0.727. The van der Waals surface area contributed by atoms with E-state index in [1.54, 1.807) is 6.92 Å². The predicted molar refractivity (Wildman–Crippen MR) is 52.3 cm³/mol. The molecule has 0 saturated carbocycles. The molecule has 0 fully saturated rings. The van der Waals surface area contributed by atoms with Crippen LogP contribution in [0.2, 0.25) is 0 Å². The molecule has 2 heteroatoms. The van der Waals surface area contributed by atoms with Crippen LogP contribution in [0.4, 0.5) is 0 Å². The molecular weight excluding hydrogens is 164 g/mol. The van der Waals surface area contributed by atoms with Gasteiger partial charge in [-0.2, -0.15) is 0 Å². The lowest BCUT2D eigenvalue weighted by Gasteiger charge is -2.35. The van der Waals surface area contributed by atoms with E-state index in [9.17, 15) is 4.79 Å². The maximum atomic E-state index is 11.5. The van der Waals surface area contributed by atoms with E-state index in [2.05, 4.69) is 13.8 Å². The van der Waals surface area contributed by atoms with E-state index in [-0.39, 0.29) is 11.2 Å². The number of ketones is 1. The summed E-state index contributed by atoms with van der Waals surface area (Å²) >= 11 is 0. The van der Waals surface area contributed by atoms with Gasteiger partial charge in [-0.05, 0) is 33.3 Å². The van der Waals surface area contributed by atoms with Crippen molar-refractivity contribution in [1.29, 1.82) is 0 Å². The van der Waals surface area contributed by atoms with Crippen LogP contribution in [-0.2, 0) is 9.53 Å². The molecule has 0 aromatic carbocycles. The van der Waals surface area contributed by atoms with Crippen molar-refractivity contribution in [1.82, 2.24) is 0 Å². The Morgan fingerprint density at radius 1 is 1.23 bits per heavy atom. The topological polar surface area (TPSA) is 26.3 Å². The fourth-order valence-corrected chi connectivity index (χ4v) is 1.82. The van der Waals surface area contributed by atoms with Gasteiger partial charge in [-0.15, -0.1) is 0 Å². The summed E-state index contributed by atoms with van der Waals surface area (Å²) in [4.78, 5) is 11.5. The molecule has 0 aromatic rings. The Bertz CT molecular complexity index is 286. The lowest BCUT2D eigenvalue weighted by atomic mass is 9.71. The Balaban J connectivity index is 3.20. The first-order valence-corrected chi connectivity index (χ1v) is 4.61. The average Bonchev–Trinajstić information content (AvgIpc) is 2.14. The van der Waals surface area contributed by atoms with Gasteiger partial charge in [0.2, 0.25) is 0 Å². The minimum absolute atomic E-state index is 0.0914. The second-order valence-electron chi connectivity index (χ2n) is 4.50. The third-order valence-corrected chi connectivity index (χ3v) is 3.69. The number of carbonyl (C=O) groups excluding carboxylic acids is 1. The summed E-state index contributed by atoms with van der Waals surface area (Å²) in [5, 5.41) is 0. The lowest BCUT2D eigenvalue weighted by Crippen LogP contribution is -2.46. The molecule has 1 aliphatic heterocycles. The Hall–Kier alpha value is -0.790. The summed E-state index contributed by atoms with van der Waals surface area (Å²) in [6.45, 7) is 11.5. The van der Waals surface area contributed by atoms with E-state index in [4.69, 9.17) is 4.74 Å². The molecule has 0 aromatic heterocycles. The van der Waals surface area contributed by atoms with Crippen molar-refractivity contribution in [3.8, 4) is 0 Å². The molecule has 0 spiro atoms. The van der Waals surface area contributed by atoms with Crippen LogP contribution < -0.4 is 0 Å². The Labute approximate surface area is 80.0 Å². The fourth-order valence-electron chi connectivity index (χ4n) is 1.82. The van der Waals surface area contributed by atoms with E-state index in [1.807, 2.05) is 20.8 Å². The highest BCUT2D eigenvalue weighted by Crippen LogP contribution is 2.49. The van der Waals surface area contributed by atoms with Gasteiger partial charge in [0.05, 0.1) is 5.76 Å². The smallest absolute Gasteiger partial charge is 0.173 e. The van der Waals surface area contributed by atoms with Crippen molar-refractivity contribution >= 4 is 5.78 Å². The molecule has 74 valence electrons. The van der Waals surface area contributed by atoms with Crippen molar-refractivity contribution < 1.29 is 9.53 Å². The van der Waals surface area contributed by atoms with Gasteiger partial charge < -0.3 is 4.74 Å². The molecular formula is C11H18O2. The van der Waals surface area contributed by atoms with Crippen LogP contribution in [0.15, 0.2) is 11.3 Å². The van der Waals surface area contributed by atoms with Crippen molar-refractivity contribution in [3.63, 3.8) is 0 Å². The van der Waals surface area contributed by atoms with Gasteiger partial charge in [-0.3, -0.25) is 4.79 Å². The predicted octanol–water partition coefficient (Wildman–Crippen LogP) is 2.68. The average molecular weight is 182 g/mol. The molecule has 1 heterocycles. The zero-order valence-electron chi connectivity index (χ0n) is 9.32. The highest BCUT2D eigenvalue weighted by Gasteiger charge is 2.53. The molecule has 1 aliphatic rings. The van der Waals surface area contributed by atoms with Crippen molar-refractivity contribution in [2.45, 2.75) is 47.1 Å². The number of rotatable bonds is 1. The zero-order chi connectivity index (χ0) is 10.4.